The molecule has 0 spiro atoms. The van der Waals surface area contributed by atoms with Crippen molar-refractivity contribution in [1.82, 2.24) is 15.1 Å². The van der Waals surface area contributed by atoms with Gasteiger partial charge in [0.1, 0.15) is 11.4 Å². The molecule has 6 heteroatoms. The number of aromatic amines is 1. The lowest BCUT2D eigenvalue weighted by Crippen LogP contribution is -2.37. The highest BCUT2D eigenvalue weighted by Crippen LogP contribution is 2.46. The fourth-order valence-electron chi connectivity index (χ4n) is 4.67. The van der Waals surface area contributed by atoms with Crippen LogP contribution in [-0.2, 0) is 0 Å². The summed E-state index contributed by atoms with van der Waals surface area (Å²) in [6.45, 7) is 0. The monoisotopic (exact) mass is 407 g/mol. The van der Waals surface area contributed by atoms with Crippen molar-refractivity contribution in [3.8, 4) is 17.0 Å². The Kier molecular flexibility index (Phi) is 4.55. The van der Waals surface area contributed by atoms with Gasteiger partial charge in [0.05, 0.1) is 18.8 Å². The second-order valence-corrected chi connectivity index (χ2v) is 8.13. The molecule has 2 aliphatic rings. The summed E-state index contributed by atoms with van der Waals surface area (Å²) in [6, 6.07) is 15.7. The molecule has 29 heavy (non-hydrogen) atoms. The third-order valence-electron chi connectivity index (χ3n) is 6.07. The number of amides is 1. The number of nitrogens with one attached hydrogen (secondary N) is 1. The molecular formula is C23H22ClN3O2. The lowest BCUT2D eigenvalue weighted by Gasteiger charge is -2.31. The number of H-pyrrole nitrogens is 1. The predicted octanol–water partition coefficient (Wildman–Crippen LogP) is 5.23. The first kappa shape index (κ1) is 18.3. The molecule has 1 unspecified atom stereocenters. The quantitative estimate of drug-likeness (QED) is 0.644. The Morgan fingerprint density at radius 3 is 2.41 bits per heavy atom. The number of aromatic nitrogens is 2. The standard InChI is InChI=1S/C23H22ClN3O2/c1-29-18-12-8-14(9-13-18)20-19-21(26-25-20)23(28)27(17-4-2-3-5-17)22(19)15-6-10-16(24)11-7-15/h6-13,17,22H,2-5H2,1H3,(H,25,26). The molecule has 5 rings (SSSR count). The number of fused-ring (bicyclic) bond motifs is 1. The number of methoxy groups -OCH3 is 1. The Bertz CT molecular complexity index is 1040. The molecule has 148 valence electrons. The van der Waals surface area contributed by atoms with Crippen LogP contribution in [0.1, 0.15) is 53.3 Å². The van der Waals surface area contributed by atoms with Crippen LogP contribution in [0.25, 0.3) is 11.3 Å². The van der Waals surface area contributed by atoms with Crippen molar-refractivity contribution in [3.05, 3.63) is 70.4 Å². The van der Waals surface area contributed by atoms with Crippen molar-refractivity contribution in [1.29, 1.82) is 0 Å². The average Bonchev–Trinajstić information content (AvgIpc) is 3.47. The highest BCUT2D eigenvalue weighted by atomic mass is 35.5. The summed E-state index contributed by atoms with van der Waals surface area (Å²) in [5, 5.41) is 8.25. The third kappa shape index (κ3) is 3.01. The van der Waals surface area contributed by atoms with Gasteiger partial charge in [0, 0.05) is 22.2 Å². The van der Waals surface area contributed by atoms with Gasteiger partial charge in [-0.1, -0.05) is 36.6 Å². The maximum atomic E-state index is 13.4. The van der Waals surface area contributed by atoms with E-state index in [4.69, 9.17) is 16.3 Å². The van der Waals surface area contributed by atoms with E-state index >= 15 is 0 Å². The minimum Gasteiger partial charge on any atom is -0.497 e. The molecule has 5 nitrogen and oxygen atoms in total. The van der Waals surface area contributed by atoms with Crippen LogP contribution in [0.2, 0.25) is 5.02 Å². The van der Waals surface area contributed by atoms with E-state index in [1.807, 2.05) is 48.5 Å². The Balaban J connectivity index is 1.65. The van der Waals surface area contributed by atoms with Crippen LogP contribution in [0.4, 0.5) is 0 Å². The number of rotatable bonds is 4. The van der Waals surface area contributed by atoms with Crippen LogP contribution < -0.4 is 4.74 Å². The molecule has 1 fully saturated rings. The Morgan fingerprint density at radius 1 is 1.07 bits per heavy atom. The van der Waals surface area contributed by atoms with Crippen molar-refractivity contribution in [3.63, 3.8) is 0 Å². The van der Waals surface area contributed by atoms with Gasteiger partial charge in [0.15, 0.2) is 0 Å². The summed E-state index contributed by atoms with van der Waals surface area (Å²) >= 11 is 6.13. The minimum atomic E-state index is -0.159. The van der Waals surface area contributed by atoms with Gasteiger partial charge in [-0.3, -0.25) is 9.89 Å². The molecule has 1 amide bonds. The van der Waals surface area contributed by atoms with Gasteiger partial charge in [0.25, 0.3) is 5.91 Å². The van der Waals surface area contributed by atoms with Crippen LogP contribution >= 0.6 is 11.6 Å². The lowest BCUT2D eigenvalue weighted by molar-refractivity contribution is 0.0660. The van der Waals surface area contributed by atoms with E-state index in [-0.39, 0.29) is 18.0 Å². The van der Waals surface area contributed by atoms with Crippen molar-refractivity contribution >= 4 is 17.5 Å². The number of carbonyl (C=O) groups is 1. The van der Waals surface area contributed by atoms with Crippen molar-refractivity contribution in [2.24, 2.45) is 0 Å². The first-order chi connectivity index (χ1) is 14.2. The Hall–Kier alpha value is -2.79. The number of halogens is 1. The molecule has 2 heterocycles. The van der Waals surface area contributed by atoms with E-state index in [0.29, 0.717) is 10.7 Å². The summed E-state index contributed by atoms with van der Waals surface area (Å²) in [5.74, 6) is 0.831. The molecule has 1 aliphatic carbocycles. The number of nitrogens with zero attached hydrogens (tertiary/aromatic N) is 2. The smallest absolute Gasteiger partial charge is 0.273 e. The third-order valence-corrected chi connectivity index (χ3v) is 6.32. The predicted molar refractivity (Wildman–Crippen MR) is 112 cm³/mol. The van der Waals surface area contributed by atoms with Crippen LogP contribution in [0.3, 0.4) is 0 Å². The number of hydrogen-bond acceptors (Lipinski definition) is 3. The van der Waals surface area contributed by atoms with Crippen LogP contribution in [0, 0.1) is 0 Å². The van der Waals surface area contributed by atoms with E-state index < -0.39 is 0 Å². The average molecular weight is 408 g/mol. The second-order valence-electron chi connectivity index (χ2n) is 7.69. The van der Waals surface area contributed by atoms with Gasteiger partial charge in [-0.15, -0.1) is 0 Å². The van der Waals surface area contributed by atoms with Gasteiger partial charge < -0.3 is 9.64 Å². The first-order valence-electron chi connectivity index (χ1n) is 9.98. The first-order valence-corrected chi connectivity index (χ1v) is 10.4. The molecule has 0 radical (unpaired) electrons. The van der Waals surface area contributed by atoms with Crippen molar-refractivity contribution in [2.75, 3.05) is 7.11 Å². The largest absolute Gasteiger partial charge is 0.497 e. The maximum Gasteiger partial charge on any atom is 0.273 e. The van der Waals surface area contributed by atoms with Gasteiger partial charge >= 0.3 is 0 Å². The lowest BCUT2D eigenvalue weighted by atomic mass is 9.95. The van der Waals surface area contributed by atoms with Crippen LogP contribution in [0.15, 0.2) is 48.5 Å². The van der Waals surface area contributed by atoms with E-state index in [1.54, 1.807) is 7.11 Å². The van der Waals surface area contributed by atoms with E-state index in [0.717, 1.165) is 41.0 Å². The highest BCUT2D eigenvalue weighted by molar-refractivity contribution is 6.30. The van der Waals surface area contributed by atoms with Crippen LogP contribution in [-0.4, -0.2) is 34.2 Å². The topological polar surface area (TPSA) is 58.2 Å². The molecule has 3 aromatic rings. The molecule has 1 aromatic heterocycles. The molecular weight excluding hydrogens is 386 g/mol. The second kappa shape index (κ2) is 7.23. The molecule has 0 bridgehead atoms. The zero-order valence-corrected chi connectivity index (χ0v) is 16.9. The minimum absolute atomic E-state index is 0.0408. The molecule has 1 saturated carbocycles. The van der Waals surface area contributed by atoms with E-state index in [2.05, 4.69) is 15.1 Å². The highest BCUT2D eigenvalue weighted by Gasteiger charge is 2.45. The number of hydrogen-bond donors (Lipinski definition) is 1. The number of ether oxygens (including phenoxy) is 1. The summed E-state index contributed by atoms with van der Waals surface area (Å²) < 4.78 is 5.28. The van der Waals surface area contributed by atoms with Gasteiger partial charge in [-0.2, -0.15) is 5.10 Å². The normalized spacial score (nSPS) is 19.0. The maximum absolute atomic E-state index is 13.4. The Labute approximate surface area is 174 Å². The van der Waals surface area contributed by atoms with Crippen LogP contribution in [0.5, 0.6) is 5.75 Å². The fraction of sp³-hybridized carbons (Fsp3) is 0.304. The van der Waals surface area contributed by atoms with Gasteiger partial charge in [-0.05, 0) is 54.8 Å². The van der Waals surface area contributed by atoms with Crippen molar-refractivity contribution in [2.45, 2.75) is 37.8 Å². The van der Waals surface area contributed by atoms with E-state index in [1.165, 1.54) is 12.8 Å². The molecule has 0 saturated heterocycles. The van der Waals surface area contributed by atoms with Crippen molar-refractivity contribution < 1.29 is 9.53 Å². The summed E-state index contributed by atoms with van der Waals surface area (Å²) in [5.41, 5.74) is 4.39. The zero-order valence-electron chi connectivity index (χ0n) is 16.2. The zero-order chi connectivity index (χ0) is 20.0. The SMILES string of the molecule is COc1ccc(-c2n[nH]c3c2C(c2ccc(Cl)cc2)N(C2CCCC2)C3=O)cc1. The summed E-state index contributed by atoms with van der Waals surface area (Å²) in [7, 11) is 1.65. The number of benzene rings is 2. The molecule has 1 N–H and O–H groups in total. The molecule has 1 aliphatic heterocycles. The van der Waals surface area contributed by atoms with E-state index in [9.17, 15) is 4.79 Å². The summed E-state index contributed by atoms with van der Waals surface area (Å²) in [6.07, 6.45) is 4.43. The molecule has 2 aromatic carbocycles. The fourth-order valence-corrected chi connectivity index (χ4v) is 4.79. The number of carbonyl (C=O) groups excluding carboxylic acids is 1. The summed E-state index contributed by atoms with van der Waals surface area (Å²) in [4.78, 5) is 15.4. The Morgan fingerprint density at radius 2 is 1.76 bits per heavy atom. The van der Waals surface area contributed by atoms with Gasteiger partial charge in [0.2, 0.25) is 0 Å². The van der Waals surface area contributed by atoms with Gasteiger partial charge in [-0.25, -0.2) is 0 Å². The molecule has 1 atom stereocenters.